The van der Waals surface area contributed by atoms with Gasteiger partial charge in [-0.25, -0.2) is 8.42 Å². The van der Waals surface area contributed by atoms with Gasteiger partial charge in [0.05, 0.1) is 16.8 Å². The Morgan fingerprint density at radius 2 is 1.72 bits per heavy atom. The van der Waals surface area contributed by atoms with E-state index in [2.05, 4.69) is 22.0 Å². The summed E-state index contributed by atoms with van der Waals surface area (Å²) in [5, 5.41) is 2.99. The van der Waals surface area contributed by atoms with Crippen LogP contribution in [0.25, 0.3) is 0 Å². The van der Waals surface area contributed by atoms with E-state index in [4.69, 9.17) is 16.3 Å². The van der Waals surface area contributed by atoms with Crippen LogP contribution in [-0.2, 0) is 10.0 Å². The summed E-state index contributed by atoms with van der Waals surface area (Å²) in [6.07, 6.45) is 3.23. The van der Waals surface area contributed by atoms with Crippen LogP contribution in [0.5, 0.6) is 5.75 Å². The number of amides is 1. The highest BCUT2D eigenvalue weighted by molar-refractivity contribution is 7.92. The van der Waals surface area contributed by atoms with Crippen molar-refractivity contribution in [3.05, 3.63) is 53.1 Å². The lowest BCUT2D eigenvalue weighted by atomic mass is 10.1. The van der Waals surface area contributed by atoms with Gasteiger partial charge in [0.25, 0.3) is 5.91 Å². The summed E-state index contributed by atoms with van der Waals surface area (Å²) in [4.78, 5) is 14.9. The number of ether oxygens (including phenoxy) is 1. The first kappa shape index (κ1) is 21.4. The van der Waals surface area contributed by atoms with Crippen molar-refractivity contribution in [2.75, 3.05) is 36.4 Å². The van der Waals surface area contributed by atoms with Gasteiger partial charge in [-0.1, -0.05) is 11.6 Å². The molecule has 1 heterocycles. The zero-order valence-electron chi connectivity index (χ0n) is 16.3. The summed E-state index contributed by atoms with van der Waals surface area (Å²) >= 11 is 6.11. The van der Waals surface area contributed by atoms with Gasteiger partial charge >= 0.3 is 0 Å². The number of hydrogen-bond acceptors (Lipinski definition) is 5. The predicted molar refractivity (Wildman–Crippen MR) is 115 cm³/mol. The van der Waals surface area contributed by atoms with Gasteiger partial charge in [0.15, 0.2) is 0 Å². The molecule has 1 aliphatic heterocycles. The molecule has 0 unspecified atom stereocenters. The maximum atomic E-state index is 12.6. The average Bonchev–Trinajstić information content (AvgIpc) is 2.65. The standard InChI is InChI=1S/C20H24ClN3O4S/c1-24-11-9-17(10-12-24)28-16-6-3-14(4-7-16)22-20(25)18-13-15(5-8-19(18)21)23-29(2,26)27/h3-8,13,17,23H,9-12H2,1-2H3,(H,22,25). The molecule has 2 aromatic carbocycles. The molecule has 0 radical (unpaired) electrons. The number of halogens is 1. The van der Waals surface area contributed by atoms with Crippen LogP contribution in [-0.4, -0.2) is 51.7 Å². The first-order valence-electron chi connectivity index (χ1n) is 9.23. The van der Waals surface area contributed by atoms with Crippen molar-refractivity contribution in [2.45, 2.75) is 18.9 Å². The molecule has 156 valence electrons. The second-order valence-electron chi connectivity index (χ2n) is 7.17. The van der Waals surface area contributed by atoms with E-state index >= 15 is 0 Å². The molecule has 0 saturated carbocycles. The molecule has 1 fully saturated rings. The molecule has 1 aliphatic rings. The summed E-state index contributed by atoms with van der Waals surface area (Å²) in [5.41, 5.74) is 1.03. The van der Waals surface area contributed by atoms with Gasteiger partial charge in [0.1, 0.15) is 11.9 Å². The third-order valence-corrected chi connectivity index (χ3v) is 5.53. The van der Waals surface area contributed by atoms with Crippen molar-refractivity contribution < 1.29 is 17.9 Å². The van der Waals surface area contributed by atoms with Crippen LogP contribution in [0.4, 0.5) is 11.4 Å². The van der Waals surface area contributed by atoms with E-state index in [0.717, 1.165) is 37.9 Å². The molecule has 1 amide bonds. The summed E-state index contributed by atoms with van der Waals surface area (Å²) in [5.74, 6) is 0.325. The van der Waals surface area contributed by atoms with Crippen LogP contribution < -0.4 is 14.8 Å². The summed E-state index contributed by atoms with van der Waals surface area (Å²) in [6.45, 7) is 2.04. The highest BCUT2D eigenvalue weighted by Crippen LogP contribution is 2.24. The molecule has 0 bridgehead atoms. The monoisotopic (exact) mass is 437 g/mol. The lowest BCUT2D eigenvalue weighted by Crippen LogP contribution is -2.35. The van der Waals surface area contributed by atoms with Crippen molar-refractivity contribution in [3.8, 4) is 5.75 Å². The molecule has 0 atom stereocenters. The number of benzene rings is 2. The van der Waals surface area contributed by atoms with Crippen LogP contribution in [0.15, 0.2) is 42.5 Å². The van der Waals surface area contributed by atoms with Gasteiger partial charge in [0, 0.05) is 24.5 Å². The summed E-state index contributed by atoms with van der Waals surface area (Å²) < 4.78 is 31.1. The molecule has 0 spiro atoms. The van der Waals surface area contributed by atoms with Crippen LogP contribution in [0.1, 0.15) is 23.2 Å². The van der Waals surface area contributed by atoms with Gasteiger partial charge in [-0.05, 0) is 62.4 Å². The summed E-state index contributed by atoms with van der Waals surface area (Å²) in [6, 6.07) is 11.5. The first-order valence-corrected chi connectivity index (χ1v) is 11.5. The normalized spacial score (nSPS) is 15.7. The number of sulfonamides is 1. The Bertz CT molecular complexity index is 972. The highest BCUT2D eigenvalue weighted by atomic mass is 35.5. The van der Waals surface area contributed by atoms with Gasteiger partial charge < -0.3 is 15.0 Å². The van der Waals surface area contributed by atoms with E-state index in [0.29, 0.717) is 5.69 Å². The van der Waals surface area contributed by atoms with Crippen molar-refractivity contribution in [1.82, 2.24) is 4.90 Å². The lowest BCUT2D eigenvalue weighted by Gasteiger charge is -2.29. The minimum absolute atomic E-state index is 0.173. The minimum Gasteiger partial charge on any atom is -0.490 e. The van der Waals surface area contributed by atoms with Gasteiger partial charge in [0.2, 0.25) is 10.0 Å². The molecule has 2 N–H and O–H groups in total. The molecule has 7 nitrogen and oxygen atoms in total. The maximum Gasteiger partial charge on any atom is 0.257 e. The van der Waals surface area contributed by atoms with Crippen molar-refractivity contribution in [3.63, 3.8) is 0 Å². The lowest BCUT2D eigenvalue weighted by molar-refractivity contribution is 0.102. The Morgan fingerprint density at radius 1 is 1.10 bits per heavy atom. The van der Waals surface area contributed by atoms with E-state index < -0.39 is 15.9 Å². The number of nitrogens with one attached hydrogen (secondary N) is 2. The Kier molecular flexibility index (Phi) is 6.66. The zero-order valence-corrected chi connectivity index (χ0v) is 17.9. The zero-order chi connectivity index (χ0) is 21.0. The number of hydrogen-bond donors (Lipinski definition) is 2. The molecule has 29 heavy (non-hydrogen) atoms. The number of nitrogens with zero attached hydrogens (tertiary/aromatic N) is 1. The van der Waals surface area contributed by atoms with Gasteiger partial charge in [-0.2, -0.15) is 0 Å². The van der Waals surface area contributed by atoms with Crippen molar-refractivity contribution in [2.24, 2.45) is 0 Å². The van der Waals surface area contributed by atoms with Gasteiger partial charge in [-0.3, -0.25) is 9.52 Å². The number of likely N-dealkylation sites (tertiary alicyclic amines) is 1. The van der Waals surface area contributed by atoms with Crippen LogP contribution >= 0.6 is 11.6 Å². The molecule has 0 aromatic heterocycles. The Hall–Kier alpha value is -2.29. The molecule has 0 aliphatic carbocycles. The smallest absolute Gasteiger partial charge is 0.257 e. The number of carbonyl (C=O) groups excluding carboxylic acids is 1. The molecule has 1 saturated heterocycles. The summed E-state index contributed by atoms with van der Waals surface area (Å²) in [7, 11) is -1.35. The second kappa shape index (κ2) is 9.02. The topological polar surface area (TPSA) is 87.7 Å². The Morgan fingerprint density at radius 3 is 2.34 bits per heavy atom. The first-order chi connectivity index (χ1) is 13.7. The van der Waals surface area contributed by atoms with Crippen LogP contribution in [0, 0.1) is 0 Å². The van der Waals surface area contributed by atoms with E-state index in [1.165, 1.54) is 18.2 Å². The van der Waals surface area contributed by atoms with Crippen LogP contribution in [0.2, 0.25) is 5.02 Å². The molecular weight excluding hydrogens is 414 g/mol. The fourth-order valence-corrected chi connectivity index (χ4v) is 3.85. The third kappa shape index (κ3) is 6.35. The number of piperidine rings is 1. The predicted octanol–water partition coefficient (Wildman–Crippen LogP) is 3.44. The minimum atomic E-state index is -3.45. The van der Waals surface area contributed by atoms with E-state index in [1.54, 1.807) is 12.1 Å². The average molecular weight is 438 g/mol. The Balaban J connectivity index is 1.64. The van der Waals surface area contributed by atoms with E-state index in [-0.39, 0.29) is 22.4 Å². The third-order valence-electron chi connectivity index (χ3n) is 4.59. The van der Waals surface area contributed by atoms with E-state index in [1.807, 2.05) is 12.1 Å². The quantitative estimate of drug-likeness (QED) is 0.722. The van der Waals surface area contributed by atoms with E-state index in [9.17, 15) is 13.2 Å². The SMILES string of the molecule is CN1CCC(Oc2ccc(NC(=O)c3cc(NS(C)(=O)=O)ccc3Cl)cc2)CC1. The number of carbonyl (C=O) groups is 1. The van der Waals surface area contributed by atoms with Gasteiger partial charge in [-0.15, -0.1) is 0 Å². The molecule has 3 rings (SSSR count). The number of anilines is 2. The van der Waals surface area contributed by atoms with Crippen molar-refractivity contribution in [1.29, 1.82) is 0 Å². The molecular formula is C20H24ClN3O4S. The second-order valence-corrected chi connectivity index (χ2v) is 9.32. The number of rotatable bonds is 6. The molecule has 2 aromatic rings. The van der Waals surface area contributed by atoms with Crippen molar-refractivity contribution >= 4 is 38.9 Å². The fraction of sp³-hybridized carbons (Fsp3) is 0.350. The Labute approximate surface area is 176 Å². The molecule has 9 heteroatoms. The largest absolute Gasteiger partial charge is 0.490 e. The van der Waals surface area contributed by atoms with Crippen LogP contribution in [0.3, 0.4) is 0 Å². The highest BCUT2D eigenvalue weighted by Gasteiger charge is 2.18. The maximum absolute atomic E-state index is 12.6. The fourth-order valence-electron chi connectivity index (χ4n) is 3.09.